The lowest BCUT2D eigenvalue weighted by Crippen LogP contribution is -2.43. The minimum atomic E-state index is -1.51. The number of pyridine rings is 1. The van der Waals surface area contributed by atoms with Gasteiger partial charge in [-0.25, -0.2) is 17.6 Å². The highest BCUT2D eigenvalue weighted by Gasteiger charge is 2.37. The average Bonchev–Trinajstić information content (AvgIpc) is 3.03. The monoisotopic (exact) mass is 632 g/mol. The Labute approximate surface area is 260 Å². The summed E-state index contributed by atoms with van der Waals surface area (Å²) in [5.74, 6) is -4.32. The summed E-state index contributed by atoms with van der Waals surface area (Å²) in [4.78, 5) is 20.9. The van der Waals surface area contributed by atoms with E-state index in [0.29, 0.717) is 87.4 Å². The lowest BCUT2D eigenvalue weighted by Gasteiger charge is -2.41. The number of piperidine rings is 1. The zero-order valence-electron chi connectivity index (χ0n) is 25.5. The van der Waals surface area contributed by atoms with Crippen molar-refractivity contribution in [1.82, 2.24) is 14.8 Å². The van der Waals surface area contributed by atoms with Gasteiger partial charge in [0.15, 0.2) is 17.5 Å². The molecule has 3 aromatic rings. The smallest absolute Gasteiger partial charge is 0.303 e. The summed E-state index contributed by atoms with van der Waals surface area (Å²) in [5, 5.41) is 13.4. The quantitative estimate of drug-likeness (QED) is 0.177. The number of nitrogens with one attached hydrogen (secondary N) is 1. The molecule has 2 fully saturated rings. The number of anilines is 1. The first kappa shape index (κ1) is 32.9. The molecule has 2 saturated heterocycles. The number of ether oxygens (including phenoxy) is 2. The van der Waals surface area contributed by atoms with Gasteiger partial charge in [0.25, 0.3) is 0 Å². The summed E-state index contributed by atoms with van der Waals surface area (Å²) in [6.07, 6.45) is 2.11. The van der Waals surface area contributed by atoms with E-state index in [1.807, 2.05) is 12.1 Å². The van der Waals surface area contributed by atoms with Crippen LogP contribution in [-0.2, 0) is 16.1 Å². The number of benzene rings is 2. The Kier molecular flexibility index (Phi) is 10.8. The number of aliphatic carboxylic acids is 1. The van der Waals surface area contributed by atoms with Crippen molar-refractivity contribution >= 4 is 22.6 Å². The molecule has 0 bridgehead atoms. The number of nitrogens with zero attached hydrogens (tertiary/aromatic N) is 3. The number of morpholine rings is 1. The maximum absolute atomic E-state index is 16.5. The van der Waals surface area contributed by atoms with Crippen molar-refractivity contribution in [3.8, 4) is 5.75 Å². The number of carboxylic acid groups (broad SMARTS) is 1. The predicted octanol–water partition coefficient (Wildman–Crippen LogP) is 5.95. The second kappa shape index (κ2) is 14.7. The second-order valence-electron chi connectivity index (χ2n) is 12.1. The van der Waals surface area contributed by atoms with E-state index in [9.17, 15) is 23.1 Å². The third-order valence-electron chi connectivity index (χ3n) is 9.12. The van der Waals surface area contributed by atoms with Gasteiger partial charge in [-0.2, -0.15) is 0 Å². The van der Waals surface area contributed by atoms with Gasteiger partial charge in [-0.15, -0.1) is 0 Å². The zero-order chi connectivity index (χ0) is 32.0. The molecule has 0 spiro atoms. The van der Waals surface area contributed by atoms with E-state index in [1.165, 1.54) is 0 Å². The van der Waals surface area contributed by atoms with Crippen molar-refractivity contribution in [3.05, 3.63) is 65.1 Å². The number of hydrogen-bond donors (Lipinski definition) is 2. The molecule has 3 heterocycles. The first-order valence-electron chi connectivity index (χ1n) is 15.4. The van der Waals surface area contributed by atoms with Crippen LogP contribution in [0.1, 0.15) is 49.4 Å². The Balaban J connectivity index is 1.26. The Hall–Kier alpha value is -3.48. The SMILES string of the molecule is COc1ccc2ncc(CN3CCOCC3)c(C(F)CCC3(CC(=O)O)CCN(CCNc4cc(F)c(F)c(F)c4)CC3)c2c1. The van der Waals surface area contributed by atoms with E-state index >= 15 is 4.39 Å². The van der Waals surface area contributed by atoms with Crippen molar-refractivity contribution in [2.45, 2.75) is 44.8 Å². The lowest BCUT2D eigenvalue weighted by atomic mass is 9.71. The van der Waals surface area contributed by atoms with E-state index < -0.39 is 35.0 Å². The molecular formula is C33H40F4N4O4. The van der Waals surface area contributed by atoms with Crippen LogP contribution in [0.15, 0.2) is 36.5 Å². The van der Waals surface area contributed by atoms with Gasteiger partial charge in [0.05, 0.1) is 32.3 Å². The maximum atomic E-state index is 16.5. The lowest BCUT2D eigenvalue weighted by molar-refractivity contribution is -0.141. The fourth-order valence-electron chi connectivity index (χ4n) is 6.54. The zero-order valence-corrected chi connectivity index (χ0v) is 25.5. The van der Waals surface area contributed by atoms with Crippen molar-refractivity contribution in [3.63, 3.8) is 0 Å². The fraction of sp³-hybridized carbons (Fsp3) is 0.515. The molecule has 0 saturated carbocycles. The molecule has 0 amide bonds. The summed E-state index contributed by atoms with van der Waals surface area (Å²) in [7, 11) is 1.57. The van der Waals surface area contributed by atoms with Gasteiger partial charge in [-0.3, -0.25) is 14.7 Å². The molecule has 12 heteroatoms. The van der Waals surface area contributed by atoms with Gasteiger partial charge in [-0.05, 0) is 68.0 Å². The minimum absolute atomic E-state index is 0.0501. The van der Waals surface area contributed by atoms with E-state index in [-0.39, 0.29) is 18.5 Å². The molecule has 5 rings (SSSR count). The van der Waals surface area contributed by atoms with Gasteiger partial charge >= 0.3 is 5.97 Å². The Morgan fingerprint density at radius 2 is 1.80 bits per heavy atom. The summed E-state index contributed by atoms with van der Waals surface area (Å²) in [6, 6.07) is 7.27. The van der Waals surface area contributed by atoms with Crippen LogP contribution in [0.3, 0.4) is 0 Å². The van der Waals surface area contributed by atoms with Gasteiger partial charge < -0.3 is 24.8 Å². The van der Waals surface area contributed by atoms with Crippen LogP contribution in [0.25, 0.3) is 10.9 Å². The Bertz CT molecular complexity index is 1460. The van der Waals surface area contributed by atoms with Gasteiger partial charge in [0.1, 0.15) is 11.9 Å². The molecule has 2 aromatic carbocycles. The highest BCUT2D eigenvalue weighted by atomic mass is 19.2. The standard InChI is InChI=1S/C33H40F4N4O4/c1-44-24-2-3-29-25(18-24)31(22(20-39-29)21-41-12-14-45-15-13-41)26(34)4-5-33(19-30(42)43)6-9-40(10-7-33)11-8-38-23-16-27(35)32(37)28(36)17-23/h2-3,16-18,20,26,38H,4-15,19,21H2,1H3,(H,42,43). The summed E-state index contributed by atoms with van der Waals surface area (Å²) in [6.45, 7) is 5.41. The average molecular weight is 633 g/mol. The number of hydrogen-bond acceptors (Lipinski definition) is 7. The summed E-state index contributed by atoms with van der Waals surface area (Å²) in [5.41, 5.74) is 1.64. The molecule has 8 nitrogen and oxygen atoms in total. The largest absolute Gasteiger partial charge is 0.497 e. The minimum Gasteiger partial charge on any atom is -0.497 e. The first-order chi connectivity index (χ1) is 21.7. The molecule has 2 aliphatic rings. The van der Waals surface area contributed by atoms with E-state index in [2.05, 4.69) is 20.1 Å². The molecule has 1 unspecified atom stereocenters. The number of methoxy groups -OCH3 is 1. The van der Waals surface area contributed by atoms with Crippen LogP contribution in [0.4, 0.5) is 23.2 Å². The number of carbonyl (C=O) groups is 1. The van der Waals surface area contributed by atoms with Gasteiger partial charge in [-0.1, -0.05) is 0 Å². The number of rotatable bonds is 13. The maximum Gasteiger partial charge on any atom is 0.303 e. The Morgan fingerprint density at radius 3 is 2.47 bits per heavy atom. The number of halogens is 4. The van der Waals surface area contributed by atoms with Crippen LogP contribution < -0.4 is 10.1 Å². The van der Waals surface area contributed by atoms with Crippen LogP contribution in [0, 0.1) is 22.9 Å². The van der Waals surface area contributed by atoms with Crippen molar-refractivity contribution < 1.29 is 36.9 Å². The molecular weight excluding hydrogens is 592 g/mol. The van der Waals surface area contributed by atoms with Gasteiger partial charge in [0.2, 0.25) is 0 Å². The van der Waals surface area contributed by atoms with Crippen LogP contribution in [0.2, 0.25) is 0 Å². The number of aromatic nitrogens is 1. The molecule has 45 heavy (non-hydrogen) atoms. The number of likely N-dealkylation sites (tertiary alicyclic amines) is 1. The normalized spacial score (nSPS) is 18.2. The topological polar surface area (TPSA) is 87.2 Å². The molecule has 0 aliphatic carbocycles. The highest BCUT2D eigenvalue weighted by molar-refractivity contribution is 5.85. The summed E-state index contributed by atoms with van der Waals surface area (Å²) < 4.78 is 67.7. The van der Waals surface area contributed by atoms with E-state index in [4.69, 9.17) is 9.47 Å². The first-order valence-corrected chi connectivity index (χ1v) is 15.4. The molecule has 1 atom stereocenters. The third-order valence-corrected chi connectivity index (χ3v) is 9.12. The third kappa shape index (κ3) is 8.22. The Morgan fingerprint density at radius 1 is 1.09 bits per heavy atom. The van der Waals surface area contributed by atoms with Crippen LogP contribution in [0.5, 0.6) is 5.75 Å². The predicted molar refractivity (Wildman–Crippen MR) is 163 cm³/mol. The summed E-state index contributed by atoms with van der Waals surface area (Å²) >= 11 is 0. The van der Waals surface area contributed by atoms with Crippen LogP contribution >= 0.6 is 0 Å². The van der Waals surface area contributed by atoms with E-state index in [0.717, 1.165) is 30.8 Å². The van der Waals surface area contributed by atoms with Gasteiger partial charge in [0, 0.05) is 67.7 Å². The molecule has 0 radical (unpaired) electrons. The number of alkyl halides is 1. The highest BCUT2D eigenvalue weighted by Crippen LogP contribution is 2.43. The molecule has 244 valence electrons. The van der Waals surface area contributed by atoms with Crippen molar-refractivity contribution in [1.29, 1.82) is 0 Å². The number of fused-ring (bicyclic) bond motifs is 1. The van der Waals surface area contributed by atoms with Crippen molar-refractivity contribution in [2.24, 2.45) is 5.41 Å². The fourth-order valence-corrected chi connectivity index (χ4v) is 6.54. The number of carboxylic acids is 1. The van der Waals surface area contributed by atoms with E-state index in [1.54, 1.807) is 19.4 Å². The second-order valence-corrected chi connectivity index (χ2v) is 12.1. The molecule has 2 aliphatic heterocycles. The van der Waals surface area contributed by atoms with Crippen molar-refractivity contribution in [2.75, 3.05) is 64.9 Å². The molecule has 1 aromatic heterocycles. The molecule has 2 N–H and O–H groups in total. The van der Waals surface area contributed by atoms with Crippen LogP contribution in [-0.4, -0.2) is 85.5 Å².